The molecule has 1 atom stereocenters. The molecule has 8 heteroatoms. The highest BCUT2D eigenvalue weighted by Gasteiger charge is 2.21. The largest absolute Gasteiger partial charge is 0.449 e. The highest BCUT2D eigenvalue weighted by atomic mass is 32.2. The van der Waals surface area contributed by atoms with Gasteiger partial charge in [-0.2, -0.15) is 0 Å². The molecule has 0 aromatic heterocycles. The van der Waals surface area contributed by atoms with Gasteiger partial charge in [0.05, 0.1) is 10.5 Å². The molecule has 0 aliphatic rings. The summed E-state index contributed by atoms with van der Waals surface area (Å²) < 4.78 is 32.2. The molecular formula is C18H20N2O5S. The molecule has 26 heavy (non-hydrogen) atoms. The Bertz CT molecular complexity index is 878. The Hall–Kier alpha value is -2.87. The fraction of sp³-hybridized carbons (Fsp3) is 0.222. The number of carbonyl (C=O) groups excluding carboxylic acids is 2. The number of nitrogens with one attached hydrogen (secondary N) is 1. The average Bonchev–Trinajstić information content (AvgIpc) is 2.61. The molecule has 2 aromatic rings. The van der Waals surface area contributed by atoms with Crippen LogP contribution in [0.3, 0.4) is 0 Å². The lowest BCUT2D eigenvalue weighted by atomic mass is 10.2. The van der Waals surface area contributed by atoms with Crippen molar-refractivity contribution in [3.63, 3.8) is 0 Å². The maximum Gasteiger partial charge on any atom is 0.338 e. The molecule has 2 rings (SSSR count). The third kappa shape index (κ3) is 4.82. The lowest BCUT2D eigenvalue weighted by Crippen LogP contribution is -2.34. The first-order chi connectivity index (χ1) is 12.2. The van der Waals surface area contributed by atoms with Gasteiger partial charge in [-0.3, -0.25) is 9.52 Å². The second-order valence-corrected chi connectivity index (χ2v) is 7.46. The number of rotatable bonds is 6. The topological polar surface area (TPSA) is 92.8 Å². The Morgan fingerprint density at radius 3 is 2.12 bits per heavy atom. The number of hydrogen-bond acceptors (Lipinski definition) is 5. The number of benzene rings is 2. The van der Waals surface area contributed by atoms with Gasteiger partial charge in [0.1, 0.15) is 0 Å². The summed E-state index contributed by atoms with van der Waals surface area (Å²) in [5.74, 6) is -1.04. The first-order valence-electron chi connectivity index (χ1n) is 7.81. The molecular weight excluding hydrogens is 356 g/mol. The van der Waals surface area contributed by atoms with Crippen LogP contribution >= 0.6 is 0 Å². The Labute approximate surface area is 152 Å². The van der Waals surface area contributed by atoms with Crippen molar-refractivity contribution in [2.75, 3.05) is 18.8 Å². The summed E-state index contributed by atoms with van der Waals surface area (Å²) in [5.41, 5.74) is 0.592. The third-order valence-electron chi connectivity index (χ3n) is 3.50. The van der Waals surface area contributed by atoms with Crippen LogP contribution in [0, 0.1) is 0 Å². The minimum atomic E-state index is -3.77. The van der Waals surface area contributed by atoms with Crippen LogP contribution in [0.4, 0.5) is 5.69 Å². The van der Waals surface area contributed by atoms with Gasteiger partial charge in [-0.05, 0) is 43.3 Å². The lowest BCUT2D eigenvalue weighted by Gasteiger charge is -2.17. The molecule has 1 unspecified atom stereocenters. The molecule has 1 N–H and O–H groups in total. The van der Waals surface area contributed by atoms with Gasteiger partial charge in [0.25, 0.3) is 15.9 Å². The first kappa shape index (κ1) is 19.5. The van der Waals surface area contributed by atoms with E-state index in [1.165, 1.54) is 36.1 Å². The molecule has 0 heterocycles. The monoisotopic (exact) mass is 376 g/mol. The van der Waals surface area contributed by atoms with Crippen molar-refractivity contribution in [2.45, 2.75) is 17.9 Å². The van der Waals surface area contributed by atoms with Crippen LogP contribution < -0.4 is 4.72 Å². The third-order valence-corrected chi connectivity index (χ3v) is 4.90. The van der Waals surface area contributed by atoms with Gasteiger partial charge in [0, 0.05) is 19.8 Å². The van der Waals surface area contributed by atoms with Crippen LogP contribution in [-0.2, 0) is 19.6 Å². The van der Waals surface area contributed by atoms with E-state index in [1.807, 2.05) is 0 Å². The van der Waals surface area contributed by atoms with E-state index in [1.54, 1.807) is 44.4 Å². The van der Waals surface area contributed by atoms with Crippen LogP contribution in [-0.4, -0.2) is 45.4 Å². The zero-order chi connectivity index (χ0) is 19.3. The van der Waals surface area contributed by atoms with E-state index in [0.717, 1.165) is 0 Å². The second-order valence-electron chi connectivity index (χ2n) is 5.78. The summed E-state index contributed by atoms with van der Waals surface area (Å²) in [6.07, 6.45) is -0.930. The molecule has 0 aliphatic heterocycles. The minimum Gasteiger partial charge on any atom is -0.449 e. The zero-order valence-electron chi connectivity index (χ0n) is 14.7. The van der Waals surface area contributed by atoms with E-state index < -0.39 is 22.1 Å². The summed E-state index contributed by atoms with van der Waals surface area (Å²) in [6, 6.07) is 13.8. The summed E-state index contributed by atoms with van der Waals surface area (Å²) >= 11 is 0. The summed E-state index contributed by atoms with van der Waals surface area (Å²) in [5, 5.41) is 0. The predicted octanol–water partition coefficient (Wildman–Crippen LogP) is 2.12. The van der Waals surface area contributed by atoms with Gasteiger partial charge in [-0.15, -0.1) is 0 Å². The lowest BCUT2D eigenvalue weighted by molar-refractivity contribution is -0.137. The second kappa shape index (κ2) is 8.01. The van der Waals surface area contributed by atoms with Crippen molar-refractivity contribution in [1.82, 2.24) is 4.90 Å². The normalized spacial score (nSPS) is 12.1. The molecule has 7 nitrogen and oxygen atoms in total. The van der Waals surface area contributed by atoms with Crippen LogP contribution in [0.25, 0.3) is 0 Å². The standard InChI is InChI=1S/C18H20N2O5S/c1-13(17(21)20(2)3)25-18(22)14-9-11-16(12-10-14)26(23,24)19-15-7-5-4-6-8-15/h4-13,19H,1-3H3. The van der Waals surface area contributed by atoms with Gasteiger partial charge in [-0.25, -0.2) is 13.2 Å². The van der Waals surface area contributed by atoms with Crippen molar-refractivity contribution in [2.24, 2.45) is 0 Å². The van der Waals surface area contributed by atoms with Crippen molar-refractivity contribution >= 4 is 27.6 Å². The van der Waals surface area contributed by atoms with Crippen molar-refractivity contribution in [3.8, 4) is 0 Å². The number of hydrogen-bond donors (Lipinski definition) is 1. The van der Waals surface area contributed by atoms with Crippen molar-refractivity contribution < 1.29 is 22.7 Å². The maximum atomic E-state index is 12.3. The number of sulfonamides is 1. The molecule has 0 spiro atoms. The van der Waals surface area contributed by atoms with E-state index in [2.05, 4.69) is 4.72 Å². The maximum absolute atomic E-state index is 12.3. The number of ether oxygens (including phenoxy) is 1. The molecule has 0 bridgehead atoms. The smallest absolute Gasteiger partial charge is 0.338 e. The van der Waals surface area contributed by atoms with Gasteiger partial charge >= 0.3 is 5.97 Å². The van der Waals surface area contributed by atoms with Gasteiger partial charge < -0.3 is 9.64 Å². The van der Waals surface area contributed by atoms with E-state index in [9.17, 15) is 18.0 Å². The fourth-order valence-electron chi connectivity index (χ4n) is 2.13. The highest BCUT2D eigenvalue weighted by molar-refractivity contribution is 7.92. The summed E-state index contributed by atoms with van der Waals surface area (Å²) in [7, 11) is -0.643. The molecule has 0 aliphatic carbocycles. The van der Waals surface area contributed by atoms with E-state index in [4.69, 9.17) is 4.74 Å². The molecule has 0 fully saturated rings. The molecule has 0 radical (unpaired) electrons. The summed E-state index contributed by atoms with van der Waals surface area (Å²) in [4.78, 5) is 25.1. The molecule has 2 aromatic carbocycles. The van der Waals surface area contributed by atoms with Crippen LogP contribution in [0.2, 0.25) is 0 Å². The average molecular weight is 376 g/mol. The van der Waals surface area contributed by atoms with Gasteiger partial charge in [0.15, 0.2) is 6.10 Å². The molecule has 1 amide bonds. The minimum absolute atomic E-state index is 0.00956. The Morgan fingerprint density at radius 1 is 1.00 bits per heavy atom. The summed E-state index contributed by atoms with van der Waals surface area (Å²) in [6.45, 7) is 1.48. The zero-order valence-corrected chi connectivity index (χ0v) is 15.5. The number of amides is 1. The van der Waals surface area contributed by atoms with E-state index in [0.29, 0.717) is 5.69 Å². The van der Waals surface area contributed by atoms with E-state index >= 15 is 0 Å². The number of esters is 1. The number of para-hydroxylation sites is 1. The molecule has 0 saturated heterocycles. The van der Waals surface area contributed by atoms with Crippen LogP contribution in [0.1, 0.15) is 17.3 Å². The van der Waals surface area contributed by atoms with Gasteiger partial charge in [0.2, 0.25) is 0 Å². The van der Waals surface area contributed by atoms with Crippen LogP contribution in [0.15, 0.2) is 59.5 Å². The Morgan fingerprint density at radius 2 is 1.58 bits per heavy atom. The Balaban J connectivity index is 2.10. The van der Waals surface area contributed by atoms with Gasteiger partial charge in [-0.1, -0.05) is 18.2 Å². The quantitative estimate of drug-likeness (QED) is 0.780. The number of nitrogens with zero attached hydrogens (tertiary/aromatic N) is 1. The first-order valence-corrected chi connectivity index (χ1v) is 9.29. The number of likely N-dealkylation sites (N-methyl/N-ethyl adjacent to an activating group) is 1. The fourth-order valence-corrected chi connectivity index (χ4v) is 3.19. The van der Waals surface area contributed by atoms with E-state index in [-0.39, 0.29) is 16.4 Å². The number of anilines is 1. The van der Waals surface area contributed by atoms with Crippen molar-refractivity contribution in [3.05, 3.63) is 60.2 Å². The molecule has 0 saturated carbocycles. The predicted molar refractivity (Wildman–Crippen MR) is 97.3 cm³/mol. The number of carbonyl (C=O) groups is 2. The Kier molecular flexibility index (Phi) is 5.99. The highest BCUT2D eigenvalue weighted by Crippen LogP contribution is 2.17. The van der Waals surface area contributed by atoms with Crippen LogP contribution in [0.5, 0.6) is 0 Å². The SMILES string of the molecule is CC(OC(=O)c1ccc(S(=O)(=O)Nc2ccccc2)cc1)C(=O)N(C)C. The van der Waals surface area contributed by atoms with Crippen molar-refractivity contribution in [1.29, 1.82) is 0 Å². The molecule has 138 valence electrons.